The molecule has 1 aliphatic heterocycles. The minimum Gasteiger partial charge on any atom is -0.481 e. The van der Waals surface area contributed by atoms with Crippen LogP contribution in [0.15, 0.2) is 28.9 Å². The number of aliphatic carboxylic acids is 1. The first-order valence-electron chi connectivity index (χ1n) is 7.21. The Hall–Kier alpha value is -1.82. The summed E-state index contributed by atoms with van der Waals surface area (Å²) in [5.74, 6) is -0.963. The molecule has 1 aromatic heterocycles. The Kier molecular flexibility index (Phi) is 3.72. The number of carboxylic acid groups (broad SMARTS) is 1. The molecule has 1 unspecified atom stereocenters. The number of carbonyl (C=O) groups is 2. The first-order valence-corrected chi connectivity index (χ1v) is 8.00. The van der Waals surface area contributed by atoms with Crippen molar-refractivity contribution in [2.75, 3.05) is 13.1 Å². The van der Waals surface area contributed by atoms with Crippen LogP contribution in [-0.2, 0) is 4.79 Å². The summed E-state index contributed by atoms with van der Waals surface area (Å²) in [5.41, 5.74) is 0.602. The Balaban J connectivity index is 1.95. The van der Waals surface area contributed by atoms with E-state index in [4.69, 9.17) is 0 Å². The summed E-state index contributed by atoms with van der Waals surface area (Å²) >= 11 is 3.48. The number of benzene rings is 1. The smallest absolute Gasteiger partial charge is 0.311 e. The molecule has 116 valence electrons. The van der Waals surface area contributed by atoms with E-state index in [2.05, 4.69) is 20.9 Å². The van der Waals surface area contributed by atoms with Crippen LogP contribution in [0, 0.1) is 5.41 Å². The zero-order valence-electron chi connectivity index (χ0n) is 12.2. The van der Waals surface area contributed by atoms with Gasteiger partial charge in [0.25, 0.3) is 5.91 Å². The summed E-state index contributed by atoms with van der Waals surface area (Å²) in [4.78, 5) is 29.0. The molecular formula is C16H17BrN2O3. The number of nitrogens with one attached hydrogen (secondary N) is 1. The lowest BCUT2D eigenvalue weighted by Crippen LogP contribution is -2.48. The van der Waals surface area contributed by atoms with Crippen molar-refractivity contribution >= 4 is 38.7 Å². The molecule has 0 bridgehead atoms. The van der Waals surface area contributed by atoms with Crippen molar-refractivity contribution in [3.63, 3.8) is 0 Å². The maximum Gasteiger partial charge on any atom is 0.311 e. The Bertz CT molecular complexity index is 755. The van der Waals surface area contributed by atoms with E-state index in [-0.39, 0.29) is 12.5 Å². The number of hydrogen-bond donors (Lipinski definition) is 2. The minimum atomic E-state index is -0.864. The highest BCUT2D eigenvalue weighted by atomic mass is 79.9. The normalized spacial score (nSPS) is 22.0. The second-order valence-corrected chi connectivity index (χ2v) is 6.92. The zero-order chi connectivity index (χ0) is 15.9. The van der Waals surface area contributed by atoms with Gasteiger partial charge >= 0.3 is 5.97 Å². The van der Waals surface area contributed by atoms with Crippen molar-refractivity contribution in [3.05, 3.63) is 34.4 Å². The van der Waals surface area contributed by atoms with Crippen LogP contribution in [0.4, 0.5) is 0 Å². The minimum absolute atomic E-state index is 0.120. The number of fused-ring (bicyclic) bond motifs is 1. The summed E-state index contributed by atoms with van der Waals surface area (Å²) in [6.07, 6.45) is 3.01. The van der Waals surface area contributed by atoms with E-state index in [0.29, 0.717) is 24.9 Å². The van der Waals surface area contributed by atoms with Gasteiger partial charge in [-0.2, -0.15) is 0 Å². The van der Waals surface area contributed by atoms with Gasteiger partial charge < -0.3 is 15.0 Å². The number of hydrogen-bond acceptors (Lipinski definition) is 2. The molecule has 0 radical (unpaired) electrons. The zero-order valence-corrected chi connectivity index (χ0v) is 13.8. The average molecular weight is 365 g/mol. The van der Waals surface area contributed by atoms with Crippen molar-refractivity contribution in [2.45, 2.75) is 19.8 Å². The van der Waals surface area contributed by atoms with Gasteiger partial charge in [0, 0.05) is 34.7 Å². The fourth-order valence-electron chi connectivity index (χ4n) is 3.07. The van der Waals surface area contributed by atoms with Crippen LogP contribution in [0.3, 0.4) is 0 Å². The molecule has 0 spiro atoms. The monoisotopic (exact) mass is 364 g/mol. The number of halogens is 1. The molecule has 0 aliphatic carbocycles. The summed E-state index contributed by atoms with van der Waals surface area (Å²) in [6.45, 7) is 2.55. The fourth-order valence-corrected chi connectivity index (χ4v) is 3.65. The number of piperidine rings is 1. The molecule has 2 heterocycles. The molecule has 6 heteroatoms. The van der Waals surface area contributed by atoms with Crippen molar-refractivity contribution in [2.24, 2.45) is 5.41 Å². The maximum atomic E-state index is 12.8. The third-order valence-electron chi connectivity index (χ3n) is 4.39. The Morgan fingerprint density at radius 2 is 2.18 bits per heavy atom. The van der Waals surface area contributed by atoms with Crippen molar-refractivity contribution in [3.8, 4) is 0 Å². The van der Waals surface area contributed by atoms with Gasteiger partial charge in [0.15, 0.2) is 0 Å². The Morgan fingerprint density at radius 3 is 2.91 bits per heavy atom. The summed E-state index contributed by atoms with van der Waals surface area (Å²) < 4.78 is 0.854. The second-order valence-electron chi connectivity index (χ2n) is 6.06. The van der Waals surface area contributed by atoms with Crippen LogP contribution < -0.4 is 0 Å². The van der Waals surface area contributed by atoms with Gasteiger partial charge in [-0.25, -0.2) is 0 Å². The van der Waals surface area contributed by atoms with Gasteiger partial charge in [-0.3, -0.25) is 9.59 Å². The standard InChI is InChI=1S/C16H17BrN2O3/c1-16(15(21)22)6-3-7-19(9-16)14(20)10-8-18-12-5-2-4-11(17)13(10)12/h2,4-5,8,18H,3,6-7,9H2,1H3,(H,21,22). The molecule has 5 nitrogen and oxygen atoms in total. The van der Waals surface area contributed by atoms with Gasteiger partial charge in [0.05, 0.1) is 11.0 Å². The van der Waals surface area contributed by atoms with E-state index in [1.54, 1.807) is 18.0 Å². The van der Waals surface area contributed by atoms with Crippen molar-refractivity contribution in [1.82, 2.24) is 9.88 Å². The average Bonchev–Trinajstić information content (AvgIpc) is 2.92. The lowest BCUT2D eigenvalue weighted by molar-refractivity contribution is -0.150. The molecule has 0 saturated carbocycles. The largest absolute Gasteiger partial charge is 0.481 e. The summed E-state index contributed by atoms with van der Waals surface area (Å²) in [7, 11) is 0. The number of carboxylic acids is 1. The van der Waals surface area contributed by atoms with Crippen LogP contribution in [0.1, 0.15) is 30.1 Å². The molecule has 1 amide bonds. The third kappa shape index (κ3) is 2.41. The van der Waals surface area contributed by atoms with Gasteiger partial charge in [0.1, 0.15) is 0 Å². The lowest BCUT2D eigenvalue weighted by atomic mass is 9.82. The van der Waals surface area contributed by atoms with Gasteiger partial charge in [-0.15, -0.1) is 0 Å². The quantitative estimate of drug-likeness (QED) is 0.858. The van der Waals surface area contributed by atoms with Crippen LogP contribution in [0.25, 0.3) is 10.9 Å². The number of H-pyrrole nitrogens is 1. The van der Waals surface area contributed by atoms with Crippen LogP contribution >= 0.6 is 15.9 Å². The molecule has 1 aromatic carbocycles. The lowest BCUT2D eigenvalue weighted by Gasteiger charge is -2.37. The van der Waals surface area contributed by atoms with Crippen LogP contribution in [0.2, 0.25) is 0 Å². The molecule has 3 rings (SSSR count). The topological polar surface area (TPSA) is 73.4 Å². The van der Waals surface area contributed by atoms with Crippen LogP contribution in [-0.4, -0.2) is 40.0 Å². The van der Waals surface area contributed by atoms with Gasteiger partial charge in [-0.1, -0.05) is 22.0 Å². The maximum absolute atomic E-state index is 12.8. The number of aromatic amines is 1. The molecule has 22 heavy (non-hydrogen) atoms. The highest BCUT2D eigenvalue weighted by molar-refractivity contribution is 9.10. The van der Waals surface area contributed by atoms with E-state index in [1.807, 2.05) is 18.2 Å². The fraction of sp³-hybridized carbons (Fsp3) is 0.375. The summed E-state index contributed by atoms with van der Waals surface area (Å²) in [5, 5.41) is 10.2. The number of carbonyl (C=O) groups excluding carboxylic acids is 1. The second kappa shape index (κ2) is 5.43. The SMILES string of the molecule is CC1(C(=O)O)CCCN(C(=O)c2c[nH]c3cccc(Br)c23)C1. The van der Waals surface area contributed by atoms with E-state index < -0.39 is 11.4 Å². The number of nitrogens with zero attached hydrogens (tertiary/aromatic N) is 1. The van der Waals surface area contributed by atoms with E-state index >= 15 is 0 Å². The molecule has 1 atom stereocenters. The van der Waals surface area contributed by atoms with Crippen molar-refractivity contribution in [1.29, 1.82) is 0 Å². The first kappa shape index (κ1) is 15.1. The number of rotatable bonds is 2. The predicted molar refractivity (Wildman–Crippen MR) is 86.9 cm³/mol. The van der Waals surface area contributed by atoms with E-state index in [1.165, 1.54) is 0 Å². The Labute approximate surface area is 136 Å². The number of aromatic nitrogens is 1. The third-order valence-corrected chi connectivity index (χ3v) is 5.05. The van der Waals surface area contributed by atoms with Gasteiger partial charge in [0.2, 0.25) is 0 Å². The molecule has 1 fully saturated rings. The highest BCUT2D eigenvalue weighted by Crippen LogP contribution is 2.33. The van der Waals surface area contributed by atoms with E-state index in [9.17, 15) is 14.7 Å². The van der Waals surface area contributed by atoms with Gasteiger partial charge in [-0.05, 0) is 31.9 Å². The summed E-state index contributed by atoms with van der Waals surface area (Å²) in [6, 6.07) is 5.71. The molecule has 2 N–H and O–H groups in total. The molecule has 2 aromatic rings. The molecule has 1 saturated heterocycles. The predicted octanol–water partition coefficient (Wildman–Crippen LogP) is 3.26. The van der Waals surface area contributed by atoms with E-state index in [0.717, 1.165) is 15.4 Å². The molecule has 1 aliphatic rings. The number of likely N-dealkylation sites (tertiary alicyclic amines) is 1. The Morgan fingerprint density at radius 1 is 1.41 bits per heavy atom. The molecular weight excluding hydrogens is 348 g/mol. The number of amides is 1. The van der Waals surface area contributed by atoms with Crippen molar-refractivity contribution < 1.29 is 14.7 Å². The highest BCUT2D eigenvalue weighted by Gasteiger charge is 2.39. The first-order chi connectivity index (χ1) is 10.4. The van der Waals surface area contributed by atoms with Crippen LogP contribution in [0.5, 0.6) is 0 Å².